The second kappa shape index (κ2) is 12.6. The highest BCUT2D eigenvalue weighted by Crippen LogP contribution is 2.28. The number of rotatable bonds is 12. The average molecular weight is 451 g/mol. The van der Waals surface area contributed by atoms with Gasteiger partial charge < -0.3 is 25.0 Å². The summed E-state index contributed by atoms with van der Waals surface area (Å²) in [5.74, 6) is 0.656. The van der Waals surface area contributed by atoms with E-state index in [2.05, 4.69) is 22.5 Å². The van der Waals surface area contributed by atoms with Crippen LogP contribution >= 0.6 is 0 Å². The number of nitrogens with zero attached hydrogens (tertiary/aromatic N) is 2. The van der Waals surface area contributed by atoms with Crippen molar-refractivity contribution in [3.8, 4) is 17.0 Å². The number of urea groups is 1. The van der Waals surface area contributed by atoms with Crippen molar-refractivity contribution in [3.05, 3.63) is 66.1 Å². The van der Waals surface area contributed by atoms with E-state index in [0.29, 0.717) is 36.8 Å². The fraction of sp³-hybridized carbons (Fsp3) is 0.385. The molecule has 7 heteroatoms. The third-order valence-electron chi connectivity index (χ3n) is 5.45. The second-order valence-electron chi connectivity index (χ2n) is 8.00. The Labute approximate surface area is 195 Å². The van der Waals surface area contributed by atoms with E-state index in [1.807, 2.05) is 60.0 Å². The molecular weight excluding hydrogens is 416 g/mol. The number of para-hydroxylation sites is 1. The molecule has 3 rings (SSSR count). The molecule has 0 unspecified atom stereocenters. The molecule has 2 aromatic carbocycles. The van der Waals surface area contributed by atoms with Gasteiger partial charge in [-0.05, 0) is 31.4 Å². The maximum absolute atomic E-state index is 12.3. The summed E-state index contributed by atoms with van der Waals surface area (Å²) in [6.45, 7) is 5.82. The van der Waals surface area contributed by atoms with Gasteiger partial charge in [0.1, 0.15) is 5.75 Å². The van der Waals surface area contributed by atoms with Crippen LogP contribution in [0.25, 0.3) is 11.3 Å². The van der Waals surface area contributed by atoms with Crippen LogP contribution in [0.3, 0.4) is 0 Å². The molecule has 3 aromatic rings. The number of hydrogen-bond acceptors (Lipinski definition) is 4. The number of aryl methyl sites for hydroxylation is 2. The monoisotopic (exact) mass is 450 g/mol. The van der Waals surface area contributed by atoms with Crippen LogP contribution in [-0.2, 0) is 13.2 Å². The molecule has 0 aliphatic rings. The number of nitrogens with one attached hydrogen (secondary N) is 2. The fourth-order valence-electron chi connectivity index (χ4n) is 3.71. The van der Waals surface area contributed by atoms with Gasteiger partial charge in [0.25, 0.3) is 0 Å². The van der Waals surface area contributed by atoms with Gasteiger partial charge in [0.2, 0.25) is 0 Å². The van der Waals surface area contributed by atoms with Crippen LogP contribution in [0, 0.1) is 6.92 Å². The first-order chi connectivity index (χ1) is 16.1. The van der Waals surface area contributed by atoms with Gasteiger partial charge in [0.05, 0.1) is 36.6 Å². The van der Waals surface area contributed by atoms with Gasteiger partial charge in [-0.2, -0.15) is 0 Å². The molecule has 0 aliphatic carbocycles. The minimum absolute atomic E-state index is 0.105. The molecule has 1 aromatic heterocycles. The van der Waals surface area contributed by atoms with Crippen LogP contribution in [0.15, 0.2) is 54.9 Å². The number of aromatic nitrogens is 2. The molecular formula is C26H34N4O3. The molecule has 0 fully saturated rings. The van der Waals surface area contributed by atoms with Gasteiger partial charge >= 0.3 is 6.03 Å². The van der Waals surface area contributed by atoms with Gasteiger partial charge in [-0.3, -0.25) is 0 Å². The van der Waals surface area contributed by atoms with E-state index in [9.17, 15) is 9.90 Å². The first kappa shape index (κ1) is 24.3. The summed E-state index contributed by atoms with van der Waals surface area (Å²) in [7, 11) is 0. The Balaban J connectivity index is 1.58. The third-order valence-corrected chi connectivity index (χ3v) is 5.45. The maximum atomic E-state index is 12.3. The normalized spacial score (nSPS) is 10.8. The highest BCUT2D eigenvalue weighted by Gasteiger charge is 2.13. The Morgan fingerprint density at radius 2 is 1.91 bits per heavy atom. The maximum Gasteiger partial charge on any atom is 0.319 e. The quantitative estimate of drug-likeness (QED) is 0.334. The SMILES string of the molecule is CCCCCNC(=O)Nc1c(C)cccc1OCCCn1cnc(CO)c1-c1ccccc1. The standard InChI is InChI=1S/C26H34N4O3/c1-3-4-8-15-27-26(32)29-24-20(2)11-9-14-23(24)33-17-10-16-30-19-28-22(18-31)25(30)21-12-6-5-7-13-21/h5-7,9,11-14,19,31H,3-4,8,10,15-18H2,1-2H3,(H2,27,29,32). The lowest BCUT2D eigenvalue weighted by molar-refractivity contribution is 0.251. The van der Waals surface area contributed by atoms with E-state index in [4.69, 9.17) is 4.74 Å². The predicted molar refractivity (Wildman–Crippen MR) is 131 cm³/mol. The van der Waals surface area contributed by atoms with Crippen molar-refractivity contribution in [1.82, 2.24) is 14.9 Å². The van der Waals surface area contributed by atoms with E-state index in [1.165, 1.54) is 0 Å². The molecule has 2 amide bonds. The topological polar surface area (TPSA) is 88.4 Å². The van der Waals surface area contributed by atoms with Gasteiger partial charge in [-0.1, -0.05) is 62.2 Å². The summed E-state index contributed by atoms with van der Waals surface area (Å²) in [6.07, 6.45) is 5.69. The number of aliphatic hydroxyl groups is 1. The van der Waals surface area contributed by atoms with Crippen LogP contribution in [-0.4, -0.2) is 33.8 Å². The Morgan fingerprint density at radius 3 is 2.67 bits per heavy atom. The summed E-state index contributed by atoms with van der Waals surface area (Å²) in [4.78, 5) is 16.6. The highest BCUT2D eigenvalue weighted by molar-refractivity contribution is 5.91. The van der Waals surface area contributed by atoms with E-state index in [0.717, 1.165) is 42.5 Å². The van der Waals surface area contributed by atoms with Crippen molar-refractivity contribution in [3.63, 3.8) is 0 Å². The number of carbonyl (C=O) groups is 1. The minimum Gasteiger partial charge on any atom is -0.491 e. The van der Waals surface area contributed by atoms with Crippen molar-refractivity contribution in [2.45, 2.75) is 52.7 Å². The van der Waals surface area contributed by atoms with Crippen molar-refractivity contribution >= 4 is 11.7 Å². The molecule has 1 heterocycles. The van der Waals surface area contributed by atoms with Crippen LogP contribution in [0.1, 0.15) is 43.9 Å². The molecule has 0 bridgehead atoms. The molecule has 0 atom stereocenters. The Kier molecular flexibility index (Phi) is 9.32. The van der Waals surface area contributed by atoms with Crippen LogP contribution in [0.2, 0.25) is 0 Å². The zero-order valence-electron chi connectivity index (χ0n) is 19.5. The molecule has 0 saturated heterocycles. The van der Waals surface area contributed by atoms with Gasteiger partial charge in [-0.15, -0.1) is 0 Å². The lowest BCUT2D eigenvalue weighted by atomic mass is 10.1. The Hall–Kier alpha value is -3.32. The minimum atomic E-state index is -0.215. The molecule has 176 valence electrons. The smallest absolute Gasteiger partial charge is 0.319 e. The summed E-state index contributed by atoms with van der Waals surface area (Å²) >= 11 is 0. The largest absolute Gasteiger partial charge is 0.491 e. The number of hydrogen-bond donors (Lipinski definition) is 3. The number of ether oxygens (including phenoxy) is 1. The number of imidazole rings is 1. The first-order valence-corrected chi connectivity index (χ1v) is 11.6. The van der Waals surface area contributed by atoms with Crippen molar-refractivity contribution in [1.29, 1.82) is 0 Å². The number of anilines is 1. The highest BCUT2D eigenvalue weighted by atomic mass is 16.5. The average Bonchev–Trinajstić information content (AvgIpc) is 3.25. The van der Waals surface area contributed by atoms with Gasteiger partial charge in [0, 0.05) is 18.7 Å². The molecule has 0 saturated carbocycles. The van der Waals surface area contributed by atoms with Crippen LogP contribution in [0.5, 0.6) is 5.75 Å². The Morgan fingerprint density at radius 1 is 1.09 bits per heavy atom. The van der Waals surface area contributed by atoms with Crippen molar-refractivity contribution in [2.75, 3.05) is 18.5 Å². The van der Waals surface area contributed by atoms with Crippen LogP contribution in [0.4, 0.5) is 10.5 Å². The molecule has 33 heavy (non-hydrogen) atoms. The van der Waals surface area contributed by atoms with Gasteiger partial charge in [-0.25, -0.2) is 9.78 Å². The molecule has 7 nitrogen and oxygen atoms in total. The molecule has 0 spiro atoms. The molecule has 3 N–H and O–H groups in total. The van der Waals surface area contributed by atoms with Crippen molar-refractivity contribution in [2.24, 2.45) is 0 Å². The number of aliphatic hydroxyl groups excluding tert-OH is 1. The number of carbonyl (C=O) groups excluding carboxylic acids is 1. The van der Waals surface area contributed by atoms with Gasteiger partial charge in [0.15, 0.2) is 0 Å². The van der Waals surface area contributed by atoms with E-state index < -0.39 is 0 Å². The van der Waals surface area contributed by atoms with E-state index >= 15 is 0 Å². The number of unbranched alkanes of at least 4 members (excludes halogenated alkanes) is 2. The zero-order valence-corrected chi connectivity index (χ0v) is 19.5. The Bertz CT molecular complexity index is 1020. The number of amides is 2. The summed E-state index contributed by atoms with van der Waals surface area (Å²) < 4.78 is 8.08. The zero-order chi connectivity index (χ0) is 23.5. The van der Waals surface area contributed by atoms with Crippen molar-refractivity contribution < 1.29 is 14.6 Å². The van der Waals surface area contributed by atoms with E-state index in [1.54, 1.807) is 6.33 Å². The fourth-order valence-corrected chi connectivity index (χ4v) is 3.71. The number of benzene rings is 2. The summed E-state index contributed by atoms with van der Waals surface area (Å²) in [6, 6.07) is 15.5. The lowest BCUT2D eigenvalue weighted by Gasteiger charge is -2.16. The predicted octanol–water partition coefficient (Wildman–Crippen LogP) is 5.13. The lowest BCUT2D eigenvalue weighted by Crippen LogP contribution is -2.30. The van der Waals surface area contributed by atoms with Crippen LogP contribution < -0.4 is 15.4 Å². The summed E-state index contributed by atoms with van der Waals surface area (Å²) in [5.41, 5.74) is 4.26. The second-order valence-corrected chi connectivity index (χ2v) is 8.00. The molecule has 0 aliphatic heterocycles. The molecule has 0 radical (unpaired) electrons. The summed E-state index contributed by atoms with van der Waals surface area (Å²) in [5, 5.41) is 15.5. The van der Waals surface area contributed by atoms with E-state index in [-0.39, 0.29) is 12.6 Å². The first-order valence-electron chi connectivity index (χ1n) is 11.6. The third kappa shape index (κ3) is 6.83.